The molecule has 6 rings (SSSR count). The van der Waals surface area contributed by atoms with E-state index in [1.54, 1.807) is 59.2 Å². The molecular weight excluding hydrogens is 673 g/mol. The van der Waals surface area contributed by atoms with Crippen molar-refractivity contribution in [1.82, 2.24) is 9.80 Å². The molecule has 0 aromatic heterocycles. The Balaban J connectivity index is 1.08. The number of carbonyl (C=O) groups is 3. The van der Waals surface area contributed by atoms with E-state index in [1.807, 2.05) is 20.1 Å². The van der Waals surface area contributed by atoms with E-state index in [9.17, 15) is 19.5 Å². The van der Waals surface area contributed by atoms with Gasteiger partial charge in [-0.15, -0.1) is 0 Å². The summed E-state index contributed by atoms with van der Waals surface area (Å²) in [5.41, 5.74) is 4.17. The van der Waals surface area contributed by atoms with E-state index in [4.69, 9.17) is 18.9 Å². The summed E-state index contributed by atoms with van der Waals surface area (Å²) in [4.78, 5) is 49.6. The standard InChI is InChI=1S/C38H46N4O8S/c1-22-12-26-18-39-29-16-34(33(47-5)15-27(29)35(43)40(26)19-22)49-11-9-7-8-10-48-32-17-30-28(14-24(32)3)36(44)41-20-23(2)13-31(41)37(45)42(30)38(46)50-21-25(4)51-6/h14-18,25-26,31,37,45H,1-2,7-13,19-21H2,3-6H3/t25-,26+,31+,37+/m1/s1. The van der Waals surface area contributed by atoms with Crippen LogP contribution in [0.5, 0.6) is 17.2 Å². The van der Waals surface area contributed by atoms with Crippen molar-refractivity contribution in [3.8, 4) is 17.2 Å². The largest absolute Gasteiger partial charge is 0.493 e. The van der Waals surface area contributed by atoms with Crippen molar-refractivity contribution in [2.75, 3.05) is 51.2 Å². The Morgan fingerprint density at radius 3 is 2.37 bits per heavy atom. The van der Waals surface area contributed by atoms with Gasteiger partial charge in [-0.05, 0) is 63.0 Å². The molecule has 0 aliphatic carbocycles. The molecule has 272 valence electrons. The van der Waals surface area contributed by atoms with Gasteiger partial charge in [-0.25, -0.2) is 9.69 Å². The van der Waals surface area contributed by atoms with Crippen LogP contribution in [-0.2, 0) is 4.74 Å². The molecule has 2 aromatic carbocycles. The number of thioether (sulfide) groups is 1. The summed E-state index contributed by atoms with van der Waals surface area (Å²) in [6.07, 6.45) is 5.07. The van der Waals surface area contributed by atoms with Crippen molar-refractivity contribution in [2.45, 2.75) is 69.5 Å². The van der Waals surface area contributed by atoms with Gasteiger partial charge < -0.3 is 33.9 Å². The van der Waals surface area contributed by atoms with Gasteiger partial charge in [0.15, 0.2) is 17.7 Å². The Labute approximate surface area is 303 Å². The number of aliphatic hydroxyl groups is 1. The molecule has 1 N–H and O–H groups in total. The van der Waals surface area contributed by atoms with Gasteiger partial charge in [0.2, 0.25) is 0 Å². The summed E-state index contributed by atoms with van der Waals surface area (Å²) in [5.74, 6) is 1.15. The average Bonchev–Trinajstić information content (AvgIpc) is 3.65. The number of benzene rings is 2. The first kappa shape index (κ1) is 36.3. The van der Waals surface area contributed by atoms with Gasteiger partial charge in [0.25, 0.3) is 11.8 Å². The molecule has 2 fully saturated rings. The third-order valence-electron chi connectivity index (χ3n) is 9.74. The molecule has 0 radical (unpaired) electrons. The average molecular weight is 719 g/mol. The molecule has 0 spiro atoms. The fraction of sp³-hybridized carbons (Fsp3) is 0.474. The highest BCUT2D eigenvalue weighted by Crippen LogP contribution is 2.40. The summed E-state index contributed by atoms with van der Waals surface area (Å²) in [6, 6.07) is 6.11. The highest BCUT2D eigenvalue weighted by Gasteiger charge is 2.46. The molecule has 3 amide bonds. The molecule has 4 aliphatic heterocycles. The number of aliphatic imine (C=N–C) groups is 1. The molecule has 4 atom stereocenters. The van der Waals surface area contributed by atoms with Crippen LogP contribution in [0.1, 0.15) is 65.3 Å². The summed E-state index contributed by atoms with van der Waals surface area (Å²) in [5, 5.41) is 11.6. The number of amides is 3. The van der Waals surface area contributed by atoms with Crippen molar-refractivity contribution >= 4 is 47.3 Å². The summed E-state index contributed by atoms with van der Waals surface area (Å²) < 4.78 is 23.4. The zero-order chi connectivity index (χ0) is 36.4. The first-order valence-corrected chi connectivity index (χ1v) is 18.6. The lowest BCUT2D eigenvalue weighted by molar-refractivity contribution is 0.0491. The van der Waals surface area contributed by atoms with E-state index in [1.165, 1.54) is 4.90 Å². The number of unbranched alkanes of at least 4 members (excludes halogenated alkanes) is 2. The number of aliphatic hydroxyl groups excluding tert-OH is 1. The molecule has 12 nitrogen and oxygen atoms in total. The van der Waals surface area contributed by atoms with Crippen LogP contribution in [-0.4, -0.2) is 109 Å². The third-order valence-corrected chi connectivity index (χ3v) is 10.7. The number of aryl methyl sites for hydroxylation is 1. The lowest BCUT2D eigenvalue weighted by Gasteiger charge is -2.31. The van der Waals surface area contributed by atoms with Gasteiger partial charge in [0, 0.05) is 36.7 Å². The molecule has 0 unspecified atom stereocenters. The van der Waals surface area contributed by atoms with Crippen LogP contribution in [0.15, 0.2) is 53.6 Å². The number of anilines is 1. The number of ether oxygens (including phenoxy) is 4. The smallest absolute Gasteiger partial charge is 0.416 e. The van der Waals surface area contributed by atoms with Crippen LogP contribution in [0.25, 0.3) is 0 Å². The van der Waals surface area contributed by atoms with E-state index >= 15 is 0 Å². The van der Waals surface area contributed by atoms with Crippen molar-refractivity contribution in [1.29, 1.82) is 0 Å². The van der Waals surface area contributed by atoms with Crippen LogP contribution in [0.3, 0.4) is 0 Å². The molecule has 2 aromatic rings. The van der Waals surface area contributed by atoms with E-state index in [0.29, 0.717) is 73.2 Å². The summed E-state index contributed by atoms with van der Waals surface area (Å²) >= 11 is 1.56. The number of rotatable bonds is 12. The minimum Gasteiger partial charge on any atom is -0.493 e. The van der Waals surface area contributed by atoms with E-state index in [2.05, 4.69) is 18.2 Å². The number of methoxy groups -OCH3 is 1. The monoisotopic (exact) mass is 718 g/mol. The Bertz CT molecular complexity index is 1760. The number of carbonyl (C=O) groups excluding carboxylic acids is 3. The fourth-order valence-corrected chi connectivity index (χ4v) is 7.08. The van der Waals surface area contributed by atoms with Crippen LogP contribution in [0, 0.1) is 6.92 Å². The molecule has 4 aliphatic rings. The molecule has 4 heterocycles. The van der Waals surface area contributed by atoms with E-state index in [0.717, 1.165) is 36.0 Å². The second kappa shape index (κ2) is 15.4. The Morgan fingerprint density at radius 1 is 0.961 bits per heavy atom. The van der Waals surface area contributed by atoms with E-state index < -0.39 is 18.4 Å². The van der Waals surface area contributed by atoms with Crippen LogP contribution in [0.2, 0.25) is 0 Å². The Morgan fingerprint density at radius 2 is 1.65 bits per heavy atom. The van der Waals surface area contributed by atoms with Crippen molar-refractivity contribution in [2.24, 2.45) is 4.99 Å². The zero-order valence-electron chi connectivity index (χ0n) is 29.7. The maximum atomic E-state index is 13.7. The number of nitrogens with zero attached hydrogens (tertiary/aromatic N) is 4. The van der Waals surface area contributed by atoms with Crippen molar-refractivity contribution in [3.05, 3.63) is 65.3 Å². The fourth-order valence-electron chi connectivity index (χ4n) is 6.87. The Kier molecular flexibility index (Phi) is 11.0. The van der Waals surface area contributed by atoms with Crippen molar-refractivity contribution in [3.63, 3.8) is 0 Å². The predicted molar refractivity (Wildman–Crippen MR) is 197 cm³/mol. The molecule has 51 heavy (non-hydrogen) atoms. The summed E-state index contributed by atoms with van der Waals surface area (Å²) in [7, 11) is 1.55. The van der Waals surface area contributed by atoms with Gasteiger partial charge >= 0.3 is 6.09 Å². The van der Waals surface area contributed by atoms with Crippen LogP contribution >= 0.6 is 11.8 Å². The first-order chi connectivity index (χ1) is 24.5. The topological polar surface area (TPSA) is 130 Å². The second-order valence-electron chi connectivity index (χ2n) is 13.5. The minimum atomic E-state index is -1.31. The maximum absolute atomic E-state index is 13.7. The van der Waals surface area contributed by atoms with E-state index in [-0.39, 0.29) is 35.4 Å². The van der Waals surface area contributed by atoms with Gasteiger partial charge in [-0.2, -0.15) is 11.8 Å². The van der Waals surface area contributed by atoms with Gasteiger partial charge in [-0.1, -0.05) is 31.2 Å². The minimum absolute atomic E-state index is 0.0633. The lowest BCUT2D eigenvalue weighted by atomic mass is 10.1. The maximum Gasteiger partial charge on any atom is 0.416 e. The zero-order valence-corrected chi connectivity index (χ0v) is 30.5. The third kappa shape index (κ3) is 7.45. The van der Waals surface area contributed by atoms with Gasteiger partial charge in [-0.3, -0.25) is 14.6 Å². The SMILES string of the molecule is C=C1C[C@H]2C=Nc3cc(OCCCCCOc4cc5c(cc4C)C(=O)N4CC(=C)C[C@H]4[C@H](O)N5C(=O)OC[C@@H](C)SC)c(OC)cc3C(=O)N2C1. The molecule has 0 bridgehead atoms. The number of fused-ring (bicyclic) bond motifs is 4. The number of hydrogen-bond acceptors (Lipinski definition) is 10. The first-order valence-electron chi connectivity index (χ1n) is 17.3. The summed E-state index contributed by atoms with van der Waals surface area (Å²) in [6.45, 7) is 13.7. The predicted octanol–water partition coefficient (Wildman–Crippen LogP) is 5.92. The van der Waals surface area contributed by atoms with Gasteiger partial charge in [0.05, 0.1) is 54.9 Å². The number of hydrogen-bond donors (Lipinski definition) is 1. The van der Waals surface area contributed by atoms with Gasteiger partial charge in [0.1, 0.15) is 12.4 Å². The van der Waals surface area contributed by atoms with Crippen LogP contribution < -0.4 is 19.1 Å². The molecule has 2 saturated heterocycles. The quantitative estimate of drug-likeness (QED) is 0.210. The molecule has 0 saturated carbocycles. The normalized spacial score (nSPS) is 21.4. The van der Waals surface area contributed by atoms with Crippen LogP contribution in [0.4, 0.5) is 16.2 Å². The highest BCUT2D eigenvalue weighted by molar-refractivity contribution is 7.99. The Hall–Kier alpha value is -4.49. The molecular formula is C38H46N4O8S. The molecule has 13 heteroatoms. The van der Waals surface area contributed by atoms with Crippen molar-refractivity contribution < 1.29 is 38.4 Å². The lowest BCUT2D eigenvalue weighted by Crippen LogP contribution is -2.51. The second-order valence-corrected chi connectivity index (χ2v) is 14.8. The highest BCUT2D eigenvalue weighted by atomic mass is 32.2.